The molecule has 1 aromatic heterocycles. The monoisotopic (exact) mass is 211 g/mol. The number of nitrogens with zero attached hydrogens (tertiary/aromatic N) is 1. The van der Waals surface area contributed by atoms with E-state index >= 15 is 0 Å². The smallest absolute Gasteiger partial charge is 0.312 e. The maximum absolute atomic E-state index is 11.0. The molecule has 1 fully saturated rings. The molecule has 1 aliphatic rings. The summed E-state index contributed by atoms with van der Waals surface area (Å²) >= 11 is 5.91. The van der Waals surface area contributed by atoms with E-state index in [1.165, 1.54) is 0 Å². The Labute approximate surface area is 86.7 Å². The summed E-state index contributed by atoms with van der Waals surface area (Å²) in [5, 5.41) is 9.51. The SMILES string of the molecule is O=C(O)C(c1ncccc1Cl)C1CC1. The number of hydrogen-bond donors (Lipinski definition) is 1. The van der Waals surface area contributed by atoms with Crippen LogP contribution in [-0.2, 0) is 4.79 Å². The van der Waals surface area contributed by atoms with Crippen molar-refractivity contribution >= 4 is 17.6 Å². The molecule has 1 N–H and O–H groups in total. The van der Waals surface area contributed by atoms with Crippen molar-refractivity contribution in [3.63, 3.8) is 0 Å². The number of pyridine rings is 1. The zero-order chi connectivity index (χ0) is 10.1. The minimum Gasteiger partial charge on any atom is -0.481 e. The molecule has 1 saturated carbocycles. The van der Waals surface area contributed by atoms with Gasteiger partial charge in [-0.15, -0.1) is 0 Å². The minimum atomic E-state index is -0.826. The Morgan fingerprint density at radius 2 is 2.36 bits per heavy atom. The van der Waals surface area contributed by atoms with Crippen molar-refractivity contribution in [1.29, 1.82) is 0 Å². The summed E-state index contributed by atoms with van der Waals surface area (Å²) in [7, 11) is 0. The molecule has 2 rings (SSSR count). The van der Waals surface area contributed by atoms with Gasteiger partial charge < -0.3 is 5.11 Å². The van der Waals surface area contributed by atoms with E-state index in [4.69, 9.17) is 16.7 Å². The Morgan fingerprint density at radius 1 is 1.64 bits per heavy atom. The predicted molar refractivity (Wildman–Crippen MR) is 52.3 cm³/mol. The van der Waals surface area contributed by atoms with E-state index in [-0.39, 0.29) is 5.92 Å². The number of carboxylic acid groups (broad SMARTS) is 1. The first-order valence-electron chi connectivity index (χ1n) is 4.53. The maximum atomic E-state index is 11.0. The molecule has 1 atom stereocenters. The zero-order valence-corrected chi connectivity index (χ0v) is 8.24. The second-order valence-corrected chi connectivity index (χ2v) is 3.93. The van der Waals surface area contributed by atoms with Crippen LogP contribution in [-0.4, -0.2) is 16.1 Å². The molecule has 4 heteroatoms. The van der Waals surface area contributed by atoms with Gasteiger partial charge >= 0.3 is 5.97 Å². The van der Waals surface area contributed by atoms with Gasteiger partial charge in [0.25, 0.3) is 0 Å². The van der Waals surface area contributed by atoms with Gasteiger partial charge in [0.05, 0.1) is 10.7 Å². The highest BCUT2D eigenvalue weighted by atomic mass is 35.5. The topological polar surface area (TPSA) is 50.2 Å². The molecule has 1 heterocycles. The van der Waals surface area contributed by atoms with E-state index in [0.29, 0.717) is 10.7 Å². The van der Waals surface area contributed by atoms with Crippen LogP contribution in [0.1, 0.15) is 24.5 Å². The lowest BCUT2D eigenvalue weighted by molar-refractivity contribution is -0.139. The fourth-order valence-electron chi connectivity index (χ4n) is 1.60. The van der Waals surface area contributed by atoms with Crippen LogP contribution in [0.3, 0.4) is 0 Å². The van der Waals surface area contributed by atoms with Gasteiger partial charge in [-0.3, -0.25) is 9.78 Å². The van der Waals surface area contributed by atoms with E-state index in [1.807, 2.05) is 0 Å². The van der Waals surface area contributed by atoms with Crippen LogP contribution in [0.25, 0.3) is 0 Å². The van der Waals surface area contributed by atoms with Crippen LogP contribution in [0.15, 0.2) is 18.3 Å². The largest absolute Gasteiger partial charge is 0.481 e. The third-order valence-electron chi connectivity index (χ3n) is 2.44. The van der Waals surface area contributed by atoms with Crippen LogP contribution < -0.4 is 0 Å². The second kappa shape index (κ2) is 3.58. The molecule has 0 aliphatic heterocycles. The number of halogens is 1. The molecule has 1 aliphatic carbocycles. The van der Waals surface area contributed by atoms with Crippen molar-refractivity contribution in [2.45, 2.75) is 18.8 Å². The quantitative estimate of drug-likeness (QED) is 0.835. The van der Waals surface area contributed by atoms with Gasteiger partial charge in [0.15, 0.2) is 0 Å². The number of carboxylic acids is 1. The summed E-state index contributed by atoms with van der Waals surface area (Å²) in [6.45, 7) is 0. The second-order valence-electron chi connectivity index (χ2n) is 3.52. The van der Waals surface area contributed by atoms with Crippen molar-refractivity contribution < 1.29 is 9.90 Å². The van der Waals surface area contributed by atoms with Crippen LogP contribution in [0.5, 0.6) is 0 Å². The third-order valence-corrected chi connectivity index (χ3v) is 2.76. The first-order valence-corrected chi connectivity index (χ1v) is 4.91. The van der Waals surface area contributed by atoms with Crippen molar-refractivity contribution in [1.82, 2.24) is 4.98 Å². The van der Waals surface area contributed by atoms with Crippen molar-refractivity contribution in [3.8, 4) is 0 Å². The highest BCUT2D eigenvalue weighted by Crippen LogP contribution is 2.43. The molecule has 1 unspecified atom stereocenters. The highest BCUT2D eigenvalue weighted by Gasteiger charge is 2.39. The molecule has 3 nitrogen and oxygen atoms in total. The van der Waals surface area contributed by atoms with Crippen molar-refractivity contribution in [3.05, 3.63) is 29.0 Å². The molecule has 1 aromatic rings. The summed E-state index contributed by atoms with van der Waals surface area (Å²) in [5.74, 6) is -1.13. The van der Waals surface area contributed by atoms with Gasteiger partial charge in [0.2, 0.25) is 0 Å². The number of rotatable bonds is 3. The fraction of sp³-hybridized carbons (Fsp3) is 0.400. The summed E-state index contributed by atoms with van der Waals surface area (Å²) < 4.78 is 0. The zero-order valence-electron chi connectivity index (χ0n) is 7.48. The minimum absolute atomic E-state index is 0.222. The lowest BCUT2D eigenvalue weighted by atomic mass is 9.99. The predicted octanol–water partition coefficient (Wildman–Crippen LogP) is 2.31. The van der Waals surface area contributed by atoms with Gasteiger partial charge in [-0.05, 0) is 30.9 Å². The summed E-state index contributed by atoms with van der Waals surface area (Å²) in [6, 6.07) is 3.39. The standard InChI is InChI=1S/C10H10ClNO2/c11-7-2-1-5-12-9(7)8(10(13)14)6-3-4-6/h1-2,5-6,8H,3-4H2,(H,13,14). The Hall–Kier alpha value is -1.09. The summed E-state index contributed by atoms with van der Waals surface area (Å²) in [6.07, 6.45) is 3.51. The molecular formula is C10H10ClNO2. The molecule has 0 radical (unpaired) electrons. The molecule has 14 heavy (non-hydrogen) atoms. The number of carbonyl (C=O) groups is 1. The molecule has 0 amide bonds. The summed E-state index contributed by atoms with van der Waals surface area (Å²) in [4.78, 5) is 15.1. The number of hydrogen-bond acceptors (Lipinski definition) is 2. The van der Waals surface area contributed by atoms with E-state index in [1.54, 1.807) is 18.3 Å². The molecule has 0 saturated heterocycles. The third kappa shape index (κ3) is 1.73. The Bertz CT molecular complexity index is 363. The molecule has 0 spiro atoms. The van der Waals surface area contributed by atoms with E-state index in [9.17, 15) is 4.79 Å². The number of aliphatic carboxylic acids is 1. The van der Waals surface area contributed by atoms with Crippen LogP contribution >= 0.6 is 11.6 Å². The average molecular weight is 212 g/mol. The average Bonchev–Trinajstić information content (AvgIpc) is 2.92. The Balaban J connectivity index is 2.35. The van der Waals surface area contributed by atoms with Crippen LogP contribution in [0.2, 0.25) is 5.02 Å². The first-order chi connectivity index (χ1) is 6.70. The first kappa shape index (κ1) is 9.46. The van der Waals surface area contributed by atoms with Gasteiger partial charge in [-0.2, -0.15) is 0 Å². The molecular weight excluding hydrogens is 202 g/mol. The van der Waals surface area contributed by atoms with Gasteiger partial charge in [-0.25, -0.2) is 0 Å². The van der Waals surface area contributed by atoms with Crippen molar-refractivity contribution in [2.24, 2.45) is 5.92 Å². The Morgan fingerprint density at radius 3 is 2.86 bits per heavy atom. The molecule has 0 bridgehead atoms. The maximum Gasteiger partial charge on any atom is 0.312 e. The lowest BCUT2D eigenvalue weighted by Crippen LogP contribution is -2.15. The van der Waals surface area contributed by atoms with E-state index in [2.05, 4.69) is 4.98 Å². The van der Waals surface area contributed by atoms with E-state index in [0.717, 1.165) is 12.8 Å². The Kier molecular flexibility index (Phi) is 2.42. The summed E-state index contributed by atoms with van der Waals surface area (Å²) in [5.41, 5.74) is 0.504. The normalized spacial score (nSPS) is 17.8. The van der Waals surface area contributed by atoms with Crippen LogP contribution in [0, 0.1) is 5.92 Å². The molecule has 0 aromatic carbocycles. The molecule has 74 valence electrons. The van der Waals surface area contributed by atoms with Gasteiger partial charge in [0, 0.05) is 6.20 Å². The fourth-order valence-corrected chi connectivity index (χ4v) is 1.84. The lowest BCUT2D eigenvalue weighted by Gasteiger charge is -2.11. The van der Waals surface area contributed by atoms with E-state index < -0.39 is 11.9 Å². The van der Waals surface area contributed by atoms with Gasteiger partial charge in [0.1, 0.15) is 5.92 Å². The highest BCUT2D eigenvalue weighted by molar-refractivity contribution is 6.31. The van der Waals surface area contributed by atoms with Crippen LogP contribution in [0.4, 0.5) is 0 Å². The van der Waals surface area contributed by atoms with Crippen molar-refractivity contribution in [2.75, 3.05) is 0 Å². The number of aromatic nitrogens is 1. The van der Waals surface area contributed by atoms with Gasteiger partial charge in [-0.1, -0.05) is 11.6 Å².